The summed E-state index contributed by atoms with van der Waals surface area (Å²) in [7, 11) is 1.88. The van der Waals surface area contributed by atoms with Crippen molar-refractivity contribution in [2.75, 3.05) is 12.4 Å². The Morgan fingerprint density at radius 2 is 1.97 bits per heavy atom. The van der Waals surface area contributed by atoms with Crippen LogP contribution in [0.25, 0.3) is 0 Å². The Morgan fingerprint density at radius 3 is 2.74 bits per heavy atom. The minimum atomic E-state index is -0.622. The summed E-state index contributed by atoms with van der Waals surface area (Å²) in [6.45, 7) is 6.86. The van der Waals surface area contributed by atoms with Crippen LogP contribution < -0.4 is 5.32 Å². The smallest absolute Gasteiger partial charge is 0.239 e. The summed E-state index contributed by atoms with van der Waals surface area (Å²) < 4.78 is 0. The normalized spacial score (nSPS) is 39.3. The number of benzene rings is 1. The minimum absolute atomic E-state index is 0.0613. The van der Waals surface area contributed by atoms with E-state index in [0.29, 0.717) is 23.7 Å². The first-order valence-corrected chi connectivity index (χ1v) is 12.1. The fourth-order valence-electron chi connectivity index (χ4n) is 7.87. The van der Waals surface area contributed by atoms with E-state index >= 15 is 0 Å². The van der Waals surface area contributed by atoms with Gasteiger partial charge in [0.05, 0.1) is 0 Å². The van der Waals surface area contributed by atoms with Crippen molar-refractivity contribution < 1.29 is 9.59 Å². The Bertz CT molecular complexity index is 952. The van der Waals surface area contributed by atoms with Gasteiger partial charge in [0.15, 0.2) is 0 Å². The quantitative estimate of drug-likeness (QED) is 0.639. The molecule has 3 aliphatic carbocycles. The highest BCUT2D eigenvalue weighted by molar-refractivity contribution is 6.07. The standard InChI is InChI=1S/C27H36N2O2/c1-17-7-5-8-18(15-17)28-24(30)20-16-27(3)22-12-14-26(2)13-6-9-21(26)19(22)10-11-23(27)29(4)25(20)31/h5,7-8,11,15,19-22H,6,9-10,12-14,16H2,1-4H3,(H,28,30)/t19-,20?,21-,22+,26-,27+/m0/s1. The molecule has 166 valence electrons. The number of piperidine rings is 1. The number of anilines is 1. The third kappa shape index (κ3) is 3.16. The van der Waals surface area contributed by atoms with Gasteiger partial charge in [-0.25, -0.2) is 0 Å². The average Bonchev–Trinajstić information content (AvgIpc) is 3.12. The van der Waals surface area contributed by atoms with Crippen LogP contribution in [0.15, 0.2) is 36.0 Å². The highest BCUT2D eigenvalue weighted by Crippen LogP contribution is 2.64. The molecule has 3 fully saturated rings. The van der Waals surface area contributed by atoms with Gasteiger partial charge in [-0.1, -0.05) is 38.5 Å². The molecule has 1 aromatic rings. The molecule has 1 aliphatic heterocycles. The van der Waals surface area contributed by atoms with Gasteiger partial charge in [-0.3, -0.25) is 9.59 Å². The summed E-state index contributed by atoms with van der Waals surface area (Å²) in [5, 5.41) is 3.03. The Kier molecular flexibility index (Phi) is 4.84. The van der Waals surface area contributed by atoms with Gasteiger partial charge in [0.1, 0.15) is 5.92 Å². The van der Waals surface area contributed by atoms with Crippen LogP contribution in [0.5, 0.6) is 0 Å². The topological polar surface area (TPSA) is 49.4 Å². The number of aryl methyl sites for hydroxylation is 1. The molecule has 1 N–H and O–H groups in total. The number of hydrogen-bond donors (Lipinski definition) is 1. The summed E-state index contributed by atoms with van der Waals surface area (Å²) >= 11 is 0. The van der Waals surface area contributed by atoms with Crippen LogP contribution in [0.4, 0.5) is 5.69 Å². The lowest BCUT2D eigenvalue weighted by molar-refractivity contribution is -0.147. The van der Waals surface area contributed by atoms with Gasteiger partial charge in [0.2, 0.25) is 11.8 Å². The summed E-state index contributed by atoms with van der Waals surface area (Å²) in [5.41, 5.74) is 3.43. The number of hydrogen-bond acceptors (Lipinski definition) is 2. The zero-order chi connectivity index (χ0) is 22.0. The van der Waals surface area contributed by atoms with Crippen molar-refractivity contribution in [1.82, 2.24) is 4.90 Å². The second kappa shape index (κ2) is 7.21. The van der Waals surface area contributed by atoms with Gasteiger partial charge in [-0.15, -0.1) is 0 Å². The van der Waals surface area contributed by atoms with Crippen molar-refractivity contribution in [1.29, 1.82) is 0 Å². The zero-order valence-corrected chi connectivity index (χ0v) is 19.4. The first kappa shape index (κ1) is 20.8. The average molecular weight is 421 g/mol. The molecule has 2 amide bonds. The van der Waals surface area contributed by atoms with E-state index in [0.717, 1.165) is 23.6 Å². The van der Waals surface area contributed by atoms with Crippen molar-refractivity contribution in [2.45, 2.75) is 65.7 Å². The number of fused-ring (bicyclic) bond motifs is 5. The van der Waals surface area contributed by atoms with Gasteiger partial charge in [-0.05, 0) is 86.3 Å². The van der Waals surface area contributed by atoms with Crippen molar-refractivity contribution in [3.8, 4) is 0 Å². The Labute approximate surface area is 186 Å². The number of carbonyl (C=O) groups is 2. The molecule has 4 aliphatic rings. The molecule has 0 bridgehead atoms. The van der Waals surface area contributed by atoms with E-state index in [-0.39, 0.29) is 17.2 Å². The zero-order valence-electron chi connectivity index (χ0n) is 19.4. The van der Waals surface area contributed by atoms with Gasteiger partial charge in [0.25, 0.3) is 0 Å². The molecule has 4 heteroatoms. The summed E-state index contributed by atoms with van der Waals surface area (Å²) in [6.07, 6.45) is 10.7. The van der Waals surface area contributed by atoms with Crippen LogP contribution in [-0.2, 0) is 9.59 Å². The highest BCUT2D eigenvalue weighted by atomic mass is 16.2. The molecular weight excluding hydrogens is 384 g/mol. The molecule has 1 heterocycles. The SMILES string of the molecule is Cc1cccc(NC(=O)C2C[C@@]3(C)C(=CC[C@@H]4[C@H]3CC[C@]3(C)CCC[C@@H]43)N(C)C2=O)c1. The summed E-state index contributed by atoms with van der Waals surface area (Å²) in [4.78, 5) is 28.3. The Balaban J connectivity index is 1.44. The van der Waals surface area contributed by atoms with Crippen molar-refractivity contribution in [3.05, 3.63) is 41.6 Å². The predicted molar refractivity (Wildman–Crippen MR) is 123 cm³/mol. The molecule has 0 spiro atoms. The monoisotopic (exact) mass is 420 g/mol. The minimum Gasteiger partial charge on any atom is -0.325 e. The van der Waals surface area contributed by atoms with Crippen molar-refractivity contribution >= 4 is 17.5 Å². The number of nitrogens with one attached hydrogen (secondary N) is 1. The number of allylic oxidation sites excluding steroid dienone is 2. The first-order chi connectivity index (χ1) is 14.7. The lowest BCUT2D eigenvalue weighted by atomic mass is 9.49. The molecular formula is C27H36N2O2. The molecule has 6 atom stereocenters. The van der Waals surface area contributed by atoms with E-state index in [9.17, 15) is 9.59 Å². The molecule has 0 radical (unpaired) electrons. The number of rotatable bonds is 2. The largest absolute Gasteiger partial charge is 0.325 e. The van der Waals surface area contributed by atoms with Gasteiger partial charge >= 0.3 is 0 Å². The number of amides is 2. The molecule has 0 aromatic heterocycles. The van der Waals surface area contributed by atoms with Crippen LogP contribution in [0, 0.1) is 41.4 Å². The molecule has 1 saturated heterocycles. The highest BCUT2D eigenvalue weighted by Gasteiger charge is 2.59. The van der Waals surface area contributed by atoms with Gasteiger partial charge < -0.3 is 10.2 Å². The Hall–Kier alpha value is -2.10. The maximum atomic E-state index is 13.3. The number of likely N-dealkylation sites (tertiary alicyclic amines) is 1. The second-order valence-corrected chi connectivity index (χ2v) is 11.2. The molecule has 31 heavy (non-hydrogen) atoms. The van der Waals surface area contributed by atoms with Crippen LogP contribution in [-0.4, -0.2) is 23.8 Å². The molecule has 4 nitrogen and oxygen atoms in total. The van der Waals surface area contributed by atoms with E-state index in [4.69, 9.17) is 0 Å². The van der Waals surface area contributed by atoms with Crippen LogP contribution in [0.1, 0.15) is 64.4 Å². The Morgan fingerprint density at radius 1 is 1.16 bits per heavy atom. The maximum Gasteiger partial charge on any atom is 0.239 e. The summed E-state index contributed by atoms with van der Waals surface area (Å²) in [6, 6.07) is 7.80. The van der Waals surface area contributed by atoms with Crippen LogP contribution in [0.3, 0.4) is 0 Å². The lowest BCUT2D eigenvalue weighted by Crippen LogP contribution is -2.57. The first-order valence-electron chi connectivity index (χ1n) is 12.1. The predicted octanol–water partition coefficient (Wildman–Crippen LogP) is 5.54. The van der Waals surface area contributed by atoms with E-state index in [1.165, 1.54) is 37.8 Å². The van der Waals surface area contributed by atoms with E-state index in [1.54, 1.807) is 0 Å². The third-order valence-electron chi connectivity index (χ3n) is 9.43. The third-order valence-corrected chi connectivity index (χ3v) is 9.43. The van der Waals surface area contributed by atoms with Gasteiger partial charge in [-0.2, -0.15) is 0 Å². The van der Waals surface area contributed by atoms with Crippen molar-refractivity contribution in [3.63, 3.8) is 0 Å². The van der Waals surface area contributed by atoms with Crippen LogP contribution in [0.2, 0.25) is 0 Å². The van der Waals surface area contributed by atoms with E-state index in [2.05, 4.69) is 25.2 Å². The summed E-state index contributed by atoms with van der Waals surface area (Å²) in [5.74, 6) is 1.21. The van der Waals surface area contributed by atoms with E-state index < -0.39 is 5.92 Å². The molecule has 5 rings (SSSR count). The van der Waals surface area contributed by atoms with E-state index in [1.807, 2.05) is 43.1 Å². The number of carbonyl (C=O) groups excluding carboxylic acids is 2. The van der Waals surface area contributed by atoms with Crippen LogP contribution >= 0.6 is 0 Å². The maximum absolute atomic E-state index is 13.3. The molecule has 1 unspecified atom stereocenters. The van der Waals surface area contributed by atoms with Gasteiger partial charge in [0, 0.05) is 23.8 Å². The fraction of sp³-hybridized carbons (Fsp3) is 0.630. The second-order valence-electron chi connectivity index (χ2n) is 11.2. The lowest BCUT2D eigenvalue weighted by Gasteiger charge is -2.58. The number of nitrogens with zero attached hydrogens (tertiary/aromatic N) is 1. The molecule has 1 aromatic carbocycles. The van der Waals surface area contributed by atoms with Crippen molar-refractivity contribution in [2.24, 2.45) is 34.5 Å². The molecule has 2 saturated carbocycles. The fourth-order valence-corrected chi connectivity index (χ4v) is 7.87.